The molecule has 3 aromatic rings. The van der Waals surface area contributed by atoms with Crippen LogP contribution in [0.1, 0.15) is 24.1 Å². The summed E-state index contributed by atoms with van der Waals surface area (Å²) in [5, 5.41) is 6.55. The van der Waals surface area contributed by atoms with Crippen molar-refractivity contribution in [2.45, 2.75) is 19.1 Å². The first-order valence-corrected chi connectivity index (χ1v) is 8.13. The maximum Gasteiger partial charge on any atom is 0.416 e. The number of urea groups is 1. The van der Waals surface area contributed by atoms with Crippen LogP contribution in [0.2, 0.25) is 5.02 Å². The largest absolute Gasteiger partial charge is 0.416 e. The summed E-state index contributed by atoms with van der Waals surface area (Å²) in [5.74, 6) is 0. The number of amides is 2. The van der Waals surface area contributed by atoms with E-state index in [0.29, 0.717) is 16.3 Å². The molecule has 0 spiro atoms. The molecule has 1 unspecified atom stereocenters. The topological polar surface area (TPSA) is 56.9 Å². The predicted octanol–water partition coefficient (Wildman–Crippen LogP) is 5.72. The van der Waals surface area contributed by atoms with Crippen molar-refractivity contribution >= 4 is 34.2 Å². The molecule has 0 aliphatic rings. The Labute approximate surface area is 152 Å². The minimum absolute atomic E-state index is 0.354. The van der Waals surface area contributed by atoms with E-state index in [-0.39, 0.29) is 0 Å². The zero-order valence-electron chi connectivity index (χ0n) is 13.6. The van der Waals surface area contributed by atoms with Crippen molar-refractivity contribution in [1.82, 2.24) is 10.3 Å². The molecule has 0 saturated heterocycles. The van der Waals surface area contributed by atoms with Crippen LogP contribution < -0.4 is 10.6 Å². The van der Waals surface area contributed by atoms with Gasteiger partial charge in [0.15, 0.2) is 0 Å². The number of alkyl halides is 3. The smallest absolute Gasteiger partial charge is 0.361 e. The Balaban J connectivity index is 1.71. The molecular formula is C18H15ClF3N3O. The summed E-state index contributed by atoms with van der Waals surface area (Å²) < 4.78 is 38.4. The van der Waals surface area contributed by atoms with Crippen LogP contribution in [0, 0.1) is 0 Å². The van der Waals surface area contributed by atoms with Gasteiger partial charge in [0, 0.05) is 22.8 Å². The molecule has 4 nitrogen and oxygen atoms in total. The van der Waals surface area contributed by atoms with E-state index in [9.17, 15) is 18.0 Å². The van der Waals surface area contributed by atoms with Crippen LogP contribution in [-0.4, -0.2) is 11.0 Å². The summed E-state index contributed by atoms with van der Waals surface area (Å²) in [7, 11) is 0. The zero-order valence-corrected chi connectivity index (χ0v) is 14.4. The molecule has 0 bridgehead atoms. The monoisotopic (exact) mass is 381 g/mol. The lowest BCUT2D eigenvalue weighted by Crippen LogP contribution is -2.31. The van der Waals surface area contributed by atoms with Gasteiger partial charge in [0.05, 0.1) is 16.6 Å². The Hall–Kier alpha value is -2.67. The minimum atomic E-state index is -4.43. The average Bonchev–Trinajstić information content (AvgIpc) is 3.03. The van der Waals surface area contributed by atoms with Crippen molar-refractivity contribution in [3.05, 3.63) is 64.8 Å². The highest BCUT2D eigenvalue weighted by atomic mass is 35.5. The van der Waals surface area contributed by atoms with Gasteiger partial charge in [-0.05, 0) is 42.8 Å². The number of benzene rings is 2. The number of H-pyrrole nitrogens is 1. The van der Waals surface area contributed by atoms with E-state index in [0.717, 1.165) is 23.0 Å². The SMILES string of the molecule is CC(NC(=O)Nc1cc(Cl)c2cc[nH]c2c1)c1cccc(C(F)(F)F)c1. The number of aromatic nitrogens is 1. The normalized spacial score (nSPS) is 12.8. The van der Waals surface area contributed by atoms with E-state index in [1.165, 1.54) is 12.1 Å². The van der Waals surface area contributed by atoms with E-state index in [1.807, 2.05) is 6.07 Å². The van der Waals surface area contributed by atoms with Gasteiger partial charge in [0.25, 0.3) is 0 Å². The number of fused-ring (bicyclic) bond motifs is 1. The third-order valence-corrected chi connectivity index (χ3v) is 4.25. The van der Waals surface area contributed by atoms with Crippen LogP contribution in [-0.2, 0) is 6.18 Å². The summed E-state index contributed by atoms with van der Waals surface area (Å²) in [5.41, 5.74) is 0.832. The second-order valence-corrected chi connectivity index (χ2v) is 6.25. The van der Waals surface area contributed by atoms with Gasteiger partial charge < -0.3 is 15.6 Å². The summed E-state index contributed by atoms with van der Waals surface area (Å²) in [6.07, 6.45) is -2.70. The van der Waals surface area contributed by atoms with E-state index < -0.39 is 23.8 Å². The first-order valence-electron chi connectivity index (χ1n) is 7.75. The minimum Gasteiger partial charge on any atom is -0.361 e. The molecule has 136 valence electrons. The lowest BCUT2D eigenvalue weighted by atomic mass is 10.1. The molecule has 3 N–H and O–H groups in total. The molecule has 2 aromatic carbocycles. The number of hydrogen-bond acceptors (Lipinski definition) is 1. The van der Waals surface area contributed by atoms with Gasteiger partial charge in [0.2, 0.25) is 0 Å². The number of carbonyl (C=O) groups excluding carboxylic acids is 1. The number of rotatable bonds is 3. The highest BCUT2D eigenvalue weighted by Gasteiger charge is 2.30. The number of carbonyl (C=O) groups is 1. The van der Waals surface area contributed by atoms with Crippen molar-refractivity contribution in [2.75, 3.05) is 5.32 Å². The summed E-state index contributed by atoms with van der Waals surface area (Å²) >= 11 is 6.15. The lowest BCUT2D eigenvalue weighted by molar-refractivity contribution is -0.137. The highest BCUT2D eigenvalue weighted by molar-refractivity contribution is 6.35. The molecule has 26 heavy (non-hydrogen) atoms. The fourth-order valence-corrected chi connectivity index (χ4v) is 2.91. The Morgan fingerprint density at radius 1 is 1.19 bits per heavy atom. The van der Waals surface area contributed by atoms with Gasteiger partial charge in [-0.3, -0.25) is 0 Å². The lowest BCUT2D eigenvalue weighted by Gasteiger charge is -2.17. The molecule has 0 aliphatic heterocycles. The Bertz CT molecular complexity index is 952. The van der Waals surface area contributed by atoms with Crippen LogP contribution in [0.4, 0.5) is 23.7 Å². The number of aromatic amines is 1. The predicted molar refractivity (Wildman–Crippen MR) is 95.3 cm³/mol. The fraction of sp³-hybridized carbons (Fsp3) is 0.167. The first kappa shape index (κ1) is 18.1. The molecule has 0 saturated carbocycles. The Morgan fingerprint density at radius 3 is 2.69 bits per heavy atom. The van der Waals surface area contributed by atoms with E-state index in [2.05, 4.69) is 15.6 Å². The molecule has 0 fully saturated rings. The summed E-state index contributed by atoms with van der Waals surface area (Å²) in [6, 6.07) is 8.84. The maximum atomic E-state index is 12.8. The van der Waals surface area contributed by atoms with Crippen molar-refractivity contribution in [3.63, 3.8) is 0 Å². The van der Waals surface area contributed by atoms with Crippen LogP contribution in [0.25, 0.3) is 10.9 Å². The number of nitrogens with one attached hydrogen (secondary N) is 3. The van der Waals surface area contributed by atoms with Crippen LogP contribution >= 0.6 is 11.6 Å². The summed E-state index contributed by atoms with van der Waals surface area (Å²) in [6.45, 7) is 1.61. The van der Waals surface area contributed by atoms with Gasteiger partial charge in [-0.15, -0.1) is 0 Å². The molecule has 0 radical (unpaired) electrons. The van der Waals surface area contributed by atoms with E-state index in [1.54, 1.807) is 25.3 Å². The number of anilines is 1. The van der Waals surface area contributed by atoms with E-state index >= 15 is 0 Å². The Kier molecular flexibility index (Phi) is 4.82. The van der Waals surface area contributed by atoms with Crippen molar-refractivity contribution in [2.24, 2.45) is 0 Å². The molecular weight excluding hydrogens is 367 g/mol. The van der Waals surface area contributed by atoms with Gasteiger partial charge in [-0.1, -0.05) is 23.7 Å². The van der Waals surface area contributed by atoms with Crippen LogP contribution in [0.3, 0.4) is 0 Å². The maximum absolute atomic E-state index is 12.8. The molecule has 2 amide bonds. The zero-order chi connectivity index (χ0) is 18.9. The van der Waals surface area contributed by atoms with Gasteiger partial charge in [-0.25, -0.2) is 4.79 Å². The molecule has 0 aliphatic carbocycles. The standard InChI is InChI=1S/C18H15ClF3N3O/c1-10(11-3-2-4-12(7-11)18(20,21)22)24-17(26)25-13-8-15(19)14-5-6-23-16(14)9-13/h2-10,23H,1H3,(H2,24,25,26). The Morgan fingerprint density at radius 2 is 1.96 bits per heavy atom. The molecule has 1 heterocycles. The molecule has 1 aromatic heterocycles. The van der Waals surface area contributed by atoms with Crippen LogP contribution in [0.15, 0.2) is 48.7 Å². The van der Waals surface area contributed by atoms with Crippen molar-refractivity contribution < 1.29 is 18.0 Å². The summed E-state index contributed by atoms with van der Waals surface area (Å²) in [4.78, 5) is 15.2. The van der Waals surface area contributed by atoms with Gasteiger partial charge in [-0.2, -0.15) is 13.2 Å². The molecule has 3 rings (SSSR count). The molecule has 1 atom stereocenters. The first-order chi connectivity index (χ1) is 12.2. The third kappa shape index (κ3) is 3.94. The van der Waals surface area contributed by atoms with Crippen molar-refractivity contribution in [3.8, 4) is 0 Å². The second kappa shape index (κ2) is 6.92. The van der Waals surface area contributed by atoms with Crippen LogP contribution in [0.5, 0.6) is 0 Å². The fourth-order valence-electron chi connectivity index (χ4n) is 2.63. The second-order valence-electron chi connectivity index (χ2n) is 5.84. The van der Waals surface area contributed by atoms with E-state index in [4.69, 9.17) is 11.6 Å². The molecule has 8 heteroatoms. The number of halogens is 4. The van der Waals surface area contributed by atoms with Gasteiger partial charge in [0.1, 0.15) is 0 Å². The third-order valence-electron chi connectivity index (χ3n) is 3.94. The highest BCUT2D eigenvalue weighted by Crippen LogP contribution is 2.31. The average molecular weight is 382 g/mol. The van der Waals surface area contributed by atoms with Gasteiger partial charge >= 0.3 is 12.2 Å². The number of hydrogen-bond donors (Lipinski definition) is 3. The van der Waals surface area contributed by atoms with Crippen molar-refractivity contribution in [1.29, 1.82) is 0 Å². The quantitative estimate of drug-likeness (QED) is 0.533.